The molecule has 1 N–H and O–H groups in total. The number of nitrogens with one attached hydrogen (secondary N) is 1. The molecule has 0 spiro atoms. The summed E-state index contributed by atoms with van der Waals surface area (Å²) < 4.78 is 6.38. The van der Waals surface area contributed by atoms with Crippen molar-refractivity contribution in [3.63, 3.8) is 0 Å². The van der Waals surface area contributed by atoms with Crippen molar-refractivity contribution in [3.8, 4) is 5.75 Å². The molecule has 2 rings (SSSR count). The lowest BCUT2D eigenvalue weighted by molar-refractivity contribution is -0.143. The number of benzene rings is 2. The van der Waals surface area contributed by atoms with Gasteiger partial charge in [0.1, 0.15) is 11.8 Å². The molecular formula is C23H28BrClN2O3. The summed E-state index contributed by atoms with van der Waals surface area (Å²) in [6, 6.07) is 12.4. The van der Waals surface area contributed by atoms with Crippen LogP contribution >= 0.6 is 27.5 Å². The van der Waals surface area contributed by atoms with Crippen molar-refractivity contribution in [1.29, 1.82) is 0 Å². The number of nitrogens with zero attached hydrogens (tertiary/aromatic N) is 1. The molecule has 2 aromatic carbocycles. The van der Waals surface area contributed by atoms with Gasteiger partial charge in [0.15, 0.2) is 6.61 Å². The zero-order valence-electron chi connectivity index (χ0n) is 17.7. The average Bonchev–Trinajstić information content (AvgIpc) is 2.68. The van der Waals surface area contributed by atoms with Gasteiger partial charge in [0, 0.05) is 17.6 Å². The van der Waals surface area contributed by atoms with Gasteiger partial charge in [-0.3, -0.25) is 9.59 Å². The summed E-state index contributed by atoms with van der Waals surface area (Å²) in [5.74, 6) is 0.0894. The van der Waals surface area contributed by atoms with Gasteiger partial charge in [0.05, 0.1) is 4.47 Å². The maximum absolute atomic E-state index is 13.1. The maximum Gasteiger partial charge on any atom is 0.261 e. The van der Waals surface area contributed by atoms with E-state index in [0.717, 1.165) is 11.1 Å². The largest absolute Gasteiger partial charge is 0.483 e. The predicted octanol–water partition coefficient (Wildman–Crippen LogP) is 5.12. The van der Waals surface area contributed by atoms with E-state index in [2.05, 4.69) is 21.2 Å². The molecule has 0 saturated carbocycles. The molecule has 162 valence electrons. The first kappa shape index (κ1) is 24.2. The average molecular weight is 496 g/mol. The van der Waals surface area contributed by atoms with E-state index in [1.54, 1.807) is 23.1 Å². The van der Waals surface area contributed by atoms with Crippen LogP contribution in [0.2, 0.25) is 5.02 Å². The van der Waals surface area contributed by atoms with Crippen LogP contribution in [0.1, 0.15) is 38.3 Å². The van der Waals surface area contributed by atoms with Gasteiger partial charge in [-0.1, -0.05) is 48.4 Å². The van der Waals surface area contributed by atoms with E-state index in [-0.39, 0.29) is 24.5 Å². The lowest BCUT2D eigenvalue weighted by Gasteiger charge is -2.31. The maximum atomic E-state index is 13.1. The number of hydrogen-bond donors (Lipinski definition) is 1. The minimum absolute atomic E-state index is 0.0100. The molecule has 0 aliphatic carbocycles. The van der Waals surface area contributed by atoms with Crippen LogP contribution in [0.25, 0.3) is 0 Å². The molecule has 30 heavy (non-hydrogen) atoms. The highest BCUT2D eigenvalue weighted by Crippen LogP contribution is 2.28. The third-order valence-corrected chi connectivity index (χ3v) is 5.39. The smallest absolute Gasteiger partial charge is 0.261 e. The van der Waals surface area contributed by atoms with E-state index in [1.807, 2.05) is 52.0 Å². The third-order valence-electron chi connectivity index (χ3n) is 4.54. The molecule has 0 saturated heterocycles. The van der Waals surface area contributed by atoms with Gasteiger partial charge >= 0.3 is 0 Å². The quantitative estimate of drug-likeness (QED) is 0.525. The second kappa shape index (κ2) is 11.4. The molecule has 5 nitrogen and oxygen atoms in total. The fourth-order valence-corrected chi connectivity index (χ4v) is 3.80. The van der Waals surface area contributed by atoms with Gasteiger partial charge in [0.25, 0.3) is 5.91 Å². The lowest BCUT2D eigenvalue weighted by Crippen LogP contribution is -2.51. The van der Waals surface area contributed by atoms with E-state index in [9.17, 15) is 9.59 Å². The molecular weight excluding hydrogens is 468 g/mol. The predicted molar refractivity (Wildman–Crippen MR) is 124 cm³/mol. The van der Waals surface area contributed by atoms with Crippen LogP contribution in [0.15, 0.2) is 46.9 Å². The van der Waals surface area contributed by atoms with Crippen LogP contribution in [0.3, 0.4) is 0 Å². The summed E-state index contributed by atoms with van der Waals surface area (Å²) >= 11 is 9.35. The van der Waals surface area contributed by atoms with Crippen molar-refractivity contribution in [3.05, 3.63) is 63.1 Å². The first-order chi connectivity index (χ1) is 14.2. The van der Waals surface area contributed by atoms with E-state index < -0.39 is 6.04 Å². The Bertz CT molecular complexity index is 871. The van der Waals surface area contributed by atoms with Gasteiger partial charge in [-0.2, -0.15) is 0 Å². The van der Waals surface area contributed by atoms with Gasteiger partial charge in [-0.05, 0) is 66.9 Å². The Kier molecular flexibility index (Phi) is 9.18. The van der Waals surface area contributed by atoms with Crippen molar-refractivity contribution in [2.24, 2.45) is 0 Å². The summed E-state index contributed by atoms with van der Waals surface area (Å²) in [6.45, 7) is 7.85. The molecule has 2 aromatic rings. The Balaban J connectivity index is 2.22. The van der Waals surface area contributed by atoms with Gasteiger partial charge in [-0.15, -0.1) is 0 Å². The molecule has 1 unspecified atom stereocenters. The molecule has 0 aliphatic rings. The van der Waals surface area contributed by atoms with Crippen molar-refractivity contribution in [2.75, 3.05) is 6.61 Å². The second-order valence-electron chi connectivity index (χ2n) is 7.46. The summed E-state index contributed by atoms with van der Waals surface area (Å²) in [4.78, 5) is 27.5. The molecule has 0 heterocycles. The second-order valence-corrected chi connectivity index (χ2v) is 8.75. The number of carbonyl (C=O) groups excluding carboxylic acids is 2. The van der Waals surface area contributed by atoms with Crippen LogP contribution in [0.4, 0.5) is 0 Å². The number of hydrogen-bond acceptors (Lipinski definition) is 3. The fraction of sp³-hybridized carbons (Fsp3) is 0.391. The van der Waals surface area contributed by atoms with Crippen LogP contribution in [0, 0.1) is 6.92 Å². The van der Waals surface area contributed by atoms with E-state index >= 15 is 0 Å². The Morgan fingerprint density at radius 2 is 1.83 bits per heavy atom. The fourth-order valence-electron chi connectivity index (χ4n) is 3.01. The highest BCUT2D eigenvalue weighted by molar-refractivity contribution is 9.10. The molecule has 0 bridgehead atoms. The van der Waals surface area contributed by atoms with Gasteiger partial charge in [-0.25, -0.2) is 0 Å². The standard InChI is InChI=1S/C23H28BrClN2O3/c1-5-20(23(29)26-15(2)3)27(13-17-8-6-16(4)7-9-17)22(28)14-30-21-11-10-18(25)12-19(21)24/h6-12,15,20H,5,13-14H2,1-4H3,(H,26,29). The highest BCUT2D eigenvalue weighted by Gasteiger charge is 2.29. The molecule has 0 fully saturated rings. The Hall–Kier alpha value is -2.05. The third kappa shape index (κ3) is 7.03. The summed E-state index contributed by atoms with van der Waals surface area (Å²) in [5, 5.41) is 3.48. The number of halogens is 2. The normalized spacial score (nSPS) is 11.8. The zero-order chi connectivity index (χ0) is 22.3. The zero-order valence-corrected chi connectivity index (χ0v) is 20.1. The SMILES string of the molecule is CCC(C(=O)NC(C)C)N(Cc1ccc(C)cc1)C(=O)COc1ccc(Cl)cc1Br. The lowest BCUT2D eigenvalue weighted by atomic mass is 10.1. The van der Waals surface area contributed by atoms with Crippen LogP contribution < -0.4 is 10.1 Å². The Morgan fingerprint density at radius 3 is 2.40 bits per heavy atom. The summed E-state index contributed by atoms with van der Waals surface area (Å²) in [6.07, 6.45) is 0.501. The number of ether oxygens (including phenoxy) is 1. The number of amides is 2. The first-order valence-electron chi connectivity index (χ1n) is 9.94. The molecule has 0 radical (unpaired) electrons. The monoisotopic (exact) mass is 494 g/mol. The van der Waals surface area contributed by atoms with E-state index in [0.29, 0.717) is 28.2 Å². The van der Waals surface area contributed by atoms with Crippen LogP contribution in [-0.4, -0.2) is 35.4 Å². The minimum Gasteiger partial charge on any atom is -0.483 e. The van der Waals surface area contributed by atoms with Crippen molar-refractivity contribution < 1.29 is 14.3 Å². The number of rotatable bonds is 9. The number of carbonyl (C=O) groups is 2. The summed E-state index contributed by atoms with van der Waals surface area (Å²) in [7, 11) is 0. The van der Waals surface area contributed by atoms with Crippen molar-refractivity contribution in [1.82, 2.24) is 10.2 Å². The van der Waals surface area contributed by atoms with Crippen LogP contribution in [-0.2, 0) is 16.1 Å². The van der Waals surface area contributed by atoms with E-state index in [1.165, 1.54) is 0 Å². The Morgan fingerprint density at radius 1 is 1.17 bits per heavy atom. The van der Waals surface area contributed by atoms with E-state index in [4.69, 9.17) is 16.3 Å². The van der Waals surface area contributed by atoms with Crippen molar-refractivity contribution in [2.45, 2.75) is 52.7 Å². The first-order valence-corrected chi connectivity index (χ1v) is 11.1. The molecule has 1 atom stereocenters. The van der Waals surface area contributed by atoms with Gasteiger partial charge in [0.2, 0.25) is 5.91 Å². The molecule has 2 amide bonds. The summed E-state index contributed by atoms with van der Waals surface area (Å²) in [5.41, 5.74) is 2.09. The minimum atomic E-state index is -0.585. The number of aryl methyl sites for hydroxylation is 1. The molecule has 7 heteroatoms. The van der Waals surface area contributed by atoms with Gasteiger partial charge < -0.3 is 15.0 Å². The highest BCUT2D eigenvalue weighted by atomic mass is 79.9. The molecule has 0 aromatic heterocycles. The van der Waals surface area contributed by atoms with Crippen molar-refractivity contribution >= 4 is 39.3 Å². The Labute approximate surface area is 191 Å². The van der Waals surface area contributed by atoms with Crippen LogP contribution in [0.5, 0.6) is 5.75 Å². The topological polar surface area (TPSA) is 58.6 Å². The molecule has 0 aliphatic heterocycles.